The quantitative estimate of drug-likeness (QED) is 0.516. The fourth-order valence-corrected chi connectivity index (χ4v) is 7.97. The van der Waals surface area contributed by atoms with E-state index < -0.39 is 0 Å². The summed E-state index contributed by atoms with van der Waals surface area (Å²) in [6.45, 7) is 1.06. The molecule has 2 bridgehead atoms. The molecule has 4 aliphatic heterocycles. The molecule has 4 heterocycles. The van der Waals surface area contributed by atoms with E-state index in [1.165, 1.54) is 25.7 Å². The highest BCUT2D eigenvalue weighted by molar-refractivity contribution is 14.1. The molecule has 0 aromatic heterocycles. The molecule has 0 spiro atoms. The van der Waals surface area contributed by atoms with Crippen LogP contribution in [0.1, 0.15) is 32.1 Å². The number of nitrogens with zero attached hydrogens (tertiary/aromatic N) is 2. The van der Waals surface area contributed by atoms with Crippen molar-refractivity contribution in [2.24, 2.45) is 5.92 Å². The molecule has 6 heteroatoms. The molecule has 4 nitrogen and oxygen atoms in total. The van der Waals surface area contributed by atoms with Gasteiger partial charge in [-0.15, -0.1) is 11.8 Å². The number of rotatable bonds is 2. The van der Waals surface area contributed by atoms with Crippen LogP contribution in [-0.4, -0.2) is 57.2 Å². The van der Waals surface area contributed by atoms with Crippen LogP contribution in [0.2, 0.25) is 0 Å². The summed E-state index contributed by atoms with van der Waals surface area (Å²) in [5, 5.41) is 17.7. The minimum atomic E-state index is 0.215. The number of hydrogen-bond donors (Lipinski definition) is 2. The zero-order valence-corrected chi connectivity index (χ0v) is 16.0. The van der Waals surface area contributed by atoms with E-state index in [4.69, 9.17) is 0 Å². The molecule has 4 fully saturated rings. The lowest BCUT2D eigenvalue weighted by molar-refractivity contribution is 0.134. The van der Waals surface area contributed by atoms with Crippen LogP contribution >= 0.6 is 34.4 Å². The highest BCUT2D eigenvalue weighted by atomic mass is 127. The number of nitriles is 1. The molecule has 22 heavy (non-hydrogen) atoms. The van der Waals surface area contributed by atoms with Crippen LogP contribution in [0.3, 0.4) is 0 Å². The fraction of sp³-hybridized carbons (Fsp3) is 0.938. The van der Waals surface area contributed by atoms with Gasteiger partial charge < -0.3 is 4.90 Å². The smallest absolute Gasteiger partial charge is 0.0923 e. The predicted octanol–water partition coefficient (Wildman–Crippen LogP) is 1.95. The van der Waals surface area contributed by atoms with Crippen LogP contribution in [-0.2, 0) is 0 Å². The van der Waals surface area contributed by atoms with Gasteiger partial charge in [0.25, 0.3) is 0 Å². The van der Waals surface area contributed by atoms with Gasteiger partial charge in [-0.1, -0.05) is 22.6 Å². The first-order valence-corrected chi connectivity index (χ1v) is 10.7. The lowest BCUT2D eigenvalue weighted by atomic mass is 9.90. The number of nitrogens with one attached hydrogen (secondary N) is 2. The molecule has 4 rings (SSSR count). The van der Waals surface area contributed by atoms with Crippen molar-refractivity contribution in [1.29, 1.82) is 5.26 Å². The van der Waals surface area contributed by atoms with Gasteiger partial charge in [-0.25, -0.2) is 0 Å². The normalized spacial score (nSPS) is 51.5. The third-order valence-electron chi connectivity index (χ3n) is 6.23. The molecule has 8 atom stereocenters. The highest BCUT2D eigenvalue weighted by Gasteiger charge is 2.46. The molecular formula is C16H25IN4S. The number of alkyl halides is 1. The zero-order valence-electron chi connectivity index (χ0n) is 13.0. The van der Waals surface area contributed by atoms with Crippen LogP contribution in [0.15, 0.2) is 0 Å². The number of halogens is 1. The Kier molecular flexibility index (Phi) is 4.64. The first-order chi connectivity index (χ1) is 10.7. The Morgan fingerprint density at radius 1 is 1.27 bits per heavy atom. The number of thioether (sulfide) groups is 1. The Morgan fingerprint density at radius 3 is 2.68 bits per heavy atom. The zero-order chi connectivity index (χ0) is 15.3. The second-order valence-corrected chi connectivity index (χ2v) is 10.3. The van der Waals surface area contributed by atoms with Crippen LogP contribution in [0.25, 0.3) is 0 Å². The second kappa shape index (κ2) is 6.40. The van der Waals surface area contributed by atoms with Gasteiger partial charge in [0.05, 0.1) is 17.5 Å². The lowest BCUT2D eigenvalue weighted by Crippen LogP contribution is -2.62. The van der Waals surface area contributed by atoms with E-state index in [0.29, 0.717) is 27.3 Å². The maximum absolute atomic E-state index is 9.20. The first-order valence-electron chi connectivity index (χ1n) is 8.56. The van der Waals surface area contributed by atoms with Crippen molar-refractivity contribution in [3.05, 3.63) is 0 Å². The largest absolute Gasteiger partial charge is 0.300 e. The van der Waals surface area contributed by atoms with Crippen molar-refractivity contribution >= 4 is 34.4 Å². The van der Waals surface area contributed by atoms with Gasteiger partial charge in [0.1, 0.15) is 0 Å². The molecule has 0 saturated carbocycles. The second-order valence-electron chi connectivity index (χ2n) is 7.41. The summed E-state index contributed by atoms with van der Waals surface area (Å²) in [4.78, 5) is 2.61. The molecule has 0 aromatic rings. The summed E-state index contributed by atoms with van der Waals surface area (Å²) in [6.07, 6.45) is 6.88. The van der Waals surface area contributed by atoms with Gasteiger partial charge in [-0.2, -0.15) is 5.26 Å². The molecule has 4 aliphatic rings. The van der Waals surface area contributed by atoms with Crippen molar-refractivity contribution in [2.75, 3.05) is 13.6 Å². The lowest BCUT2D eigenvalue weighted by Gasteiger charge is -2.43. The summed E-state index contributed by atoms with van der Waals surface area (Å²) in [5.74, 6) is 0.692. The Labute approximate surface area is 151 Å². The summed E-state index contributed by atoms with van der Waals surface area (Å²) in [5.41, 5.74) is 0. The van der Waals surface area contributed by atoms with E-state index in [1.54, 1.807) is 0 Å². The summed E-state index contributed by atoms with van der Waals surface area (Å²) < 4.78 is 0.597. The third-order valence-corrected chi connectivity index (χ3v) is 9.36. The predicted molar refractivity (Wildman–Crippen MR) is 99.2 cm³/mol. The van der Waals surface area contributed by atoms with E-state index >= 15 is 0 Å². The summed E-state index contributed by atoms with van der Waals surface area (Å²) >= 11 is 4.53. The molecule has 0 amide bonds. The molecule has 122 valence electrons. The van der Waals surface area contributed by atoms with E-state index in [0.717, 1.165) is 25.0 Å². The van der Waals surface area contributed by atoms with E-state index in [9.17, 15) is 5.26 Å². The van der Waals surface area contributed by atoms with Gasteiger partial charge in [0, 0.05) is 33.8 Å². The molecule has 6 unspecified atom stereocenters. The van der Waals surface area contributed by atoms with Crippen molar-refractivity contribution in [1.82, 2.24) is 15.5 Å². The minimum absolute atomic E-state index is 0.215. The summed E-state index contributed by atoms with van der Waals surface area (Å²) in [7, 11) is 2.31. The summed E-state index contributed by atoms with van der Waals surface area (Å²) in [6, 6.07) is 4.73. The third kappa shape index (κ3) is 2.81. The van der Waals surface area contributed by atoms with Crippen LogP contribution in [0.5, 0.6) is 0 Å². The Morgan fingerprint density at radius 2 is 2.00 bits per heavy atom. The van der Waals surface area contributed by atoms with E-state index in [-0.39, 0.29) is 5.25 Å². The van der Waals surface area contributed by atoms with Crippen molar-refractivity contribution < 1.29 is 0 Å². The molecule has 4 saturated heterocycles. The number of piperidine rings is 2. The van der Waals surface area contributed by atoms with Gasteiger partial charge in [0.15, 0.2) is 0 Å². The Bertz CT molecular complexity index is 456. The Hall–Kier alpha value is 0.450. The number of fused-ring (bicyclic) bond motifs is 3. The topological polar surface area (TPSA) is 51.1 Å². The monoisotopic (exact) mass is 432 g/mol. The SMILES string of the molecule is CN1[C@@H]2CC[C@H]1CC(NC1NCC3SC(C#N)CC3C1I)C2. The molecule has 2 N–H and O–H groups in total. The molecular weight excluding hydrogens is 407 g/mol. The highest BCUT2D eigenvalue weighted by Crippen LogP contribution is 2.44. The fourth-order valence-electron chi connectivity index (χ4n) is 4.94. The maximum Gasteiger partial charge on any atom is 0.0923 e. The van der Waals surface area contributed by atoms with Gasteiger partial charge in [-0.3, -0.25) is 10.6 Å². The first kappa shape index (κ1) is 15.9. The van der Waals surface area contributed by atoms with Crippen molar-refractivity contribution in [3.63, 3.8) is 0 Å². The van der Waals surface area contributed by atoms with E-state index in [1.807, 2.05) is 11.8 Å². The van der Waals surface area contributed by atoms with E-state index in [2.05, 4.69) is 51.2 Å². The molecule has 0 aromatic carbocycles. The average molecular weight is 432 g/mol. The maximum atomic E-state index is 9.20. The van der Waals surface area contributed by atoms with Gasteiger partial charge in [0.2, 0.25) is 0 Å². The van der Waals surface area contributed by atoms with Crippen molar-refractivity contribution in [3.8, 4) is 6.07 Å². The average Bonchev–Trinajstić information content (AvgIpc) is 3.01. The van der Waals surface area contributed by atoms with Gasteiger partial charge in [-0.05, 0) is 45.1 Å². The van der Waals surface area contributed by atoms with Crippen LogP contribution in [0.4, 0.5) is 0 Å². The molecule has 0 radical (unpaired) electrons. The van der Waals surface area contributed by atoms with Crippen molar-refractivity contribution in [2.45, 2.75) is 70.8 Å². The number of hydrogen-bond acceptors (Lipinski definition) is 5. The Balaban J connectivity index is 1.37. The van der Waals surface area contributed by atoms with Gasteiger partial charge >= 0.3 is 0 Å². The minimum Gasteiger partial charge on any atom is -0.300 e. The molecule has 0 aliphatic carbocycles. The van der Waals surface area contributed by atoms with Crippen LogP contribution in [0, 0.1) is 17.2 Å². The standard InChI is InChI=1S/C16H25IN4S/c1-21-10-2-3-11(21)5-9(4-10)20-16-15(17)13-6-12(7-18)22-14(13)8-19-16/h9-16,19-20H,2-6,8H2,1H3/t9?,10-,11+,12?,13?,14?,15?,16?. The van der Waals surface area contributed by atoms with Crippen LogP contribution < -0.4 is 10.6 Å².